The number of benzene rings is 1. The number of aryl methyl sites for hydroxylation is 1. The molecule has 0 unspecified atom stereocenters. The number of aromatic nitrogens is 4. The van der Waals surface area contributed by atoms with E-state index < -0.39 is 0 Å². The van der Waals surface area contributed by atoms with Crippen molar-refractivity contribution in [2.75, 3.05) is 26.1 Å². The average Bonchev–Trinajstić information content (AvgIpc) is 3.00. The lowest BCUT2D eigenvalue weighted by Gasteiger charge is -2.07. The summed E-state index contributed by atoms with van der Waals surface area (Å²) in [5.41, 5.74) is 8.72. The van der Waals surface area contributed by atoms with Gasteiger partial charge >= 0.3 is 11.7 Å². The van der Waals surface area contributed by atoms with Gasteiger partial charge in [-0.3, -0.25) is 4.57 Å². The number of nitrogens with one attached hydrogen (secondary N) is 1. The van der Waals surface area contributed by atoms with Gasteiger partial charge in [-0.1, -0.05) is 45.0 Å². The zero-order valence-electron chi connectivity index (χ0n) is 16.3. The van der Waals surface area contributed by atoms with Crippen LogP contribution in [0.3, 0.4) is 0 Å². The Balaban J connectivity index is 0.00000126. The van der Waals surface area contributed by atoms with E-state index in [4.69, 9.17) is 15.2 Å². The smallest absolute Gasteiger partial charge is 0.328 e. The van der Waals surface area contributed by atoms with Gasteiger partial charge in [0.1, 0.15) is 12.1 Å². The fraction of sp³-hybridized carbons (Fsp3) is 0.421. The van der Waals surface area contributed by atoms with Crippen molar-refractivity contribution in [3.63, 3.8) is 0 Å². The molecule has 1 aromatic carbocycles. The molecule has 0 bridgehead atoms. The summed E-state index contributed by atoms with van der Waals surface area (Å²) in [6, 6.07) is 8.24. The van der Waals surface area contributed by atoms with Crippen molar-refractivity contribution < 1.29 is 9.47 Å². The highest BCUT2D eigenvalue weighted by molar-refractivity contribution is 5.81. The number of anilines is 1. The van der Waals surface area contributed by atoms with Gasteiger partial charge in [0.25, 0.3) is 0 Å². The van der Waals surface area contributed by atoms with Crippen LogP contribution in [-0.4, -0.2) is 39.8 Å². The summed E-state index contributed by atoms with van der Waals surface area (Å²) >= 11 is 0. The number of ether oxygens (including phenoxy) is 2. The third-order valence-electron chi connectivity index (χ3n) is 3.92. The fourth-order valence-electron chi connectivity index (χ4n) is 2.52. The average molecular weight is 373 g/mol. The molecule has 0 aliphatic heterocycles. The number of nitrogens with two attached hydrogens (primary N) is 1. The van der Waals surface area contributed by atoms with Crippen molar-refractivity contribution in [2.24, 2.45) is 0 Å². The molecule has 0 fully saturated rings. The van der Waals surface area contributed by atoms with Gasteiger partial charge in [-0.2, -0.15) is 9.97 Å². The number of rotatable bonds is 7. The lowest BCUT2D eigenvalue weighted by Crippen LogP contribution is -2.18. The molecule has 0 aliphatic carbocycles. The van der Waals surface area contributed by atoms with Crippen LogP contribution in [0.25, 0.3) is 11.2 Å². The first kappa shape index (κ1) is 20.4. The van der Waals surface area contributed by atoms with Gasteiger partial charge in [-0.25, -0.2) is 4.79 Å². The molecule has 0 amide bonds. The van der Waals surface area contributed by atoms with Crippen molar-refractivity contribution in [3.05, 3.63) is 45.9 Å². The van der Waals surface area contributed by atoms with Crippen LogP contribution in [0.4, 0.5) is 5.82 Å². The monoisotopic (exact) mass is 373 g/mol. The van der Waals surface area contributed by atoms with Crippen LogP contribution in [0.5, 0.6) is 6.01 Å². The van der Waals surface area contributed by atoms with E-state index in [0.717, 1.165) is 12.0 Å². The predicted molar refractivity (Wildman–Crippen MR) is 106 cm³/mol. The summed E-state index contributed by atoms with van der Waals surface area (Å²) in [7, 11) is 1.58. The Kier molecular flexibility index (Phi) is 7.36. The molecule has 3 rings (SSSR count). The van der Waals surface area contributed by atoms with Crippen molar-refractivity contribution in [1.82, 2.24) is 19.5 Å². The molecule has 8 nitrogen and oxygen atoms in total. The first-order valence-electron chi connectivity index (χ1n) is 9.08. The molecule has 3 N–H and O–H groups in total. The van der Waals surface area contributed by atoms with Gasteiger partial charge in [0.2, 0.25) is 0 Å². The van der Waals surface area contributed by atoms with E-state index >= 15 is 0 Å². The predicted octanol–water partition coefficient (Wildman–Crippen LogP) is 2.36. The highest BCUT2D eigenvalue weighted by Crippen LogP contribution is 2.18. The van der Waals surface area contributed by atoms with Crippen molar-refractivity contribution >= 4 is 17.0 Å². The second-order valence-electron chi connectivity index (χ2n) is 5.62. The second-order valence-corrected chi connectivity index (χ2v) is 5.62. The fourth-order valence-corrected chi connectivity index (χ4v) is 2.52. The van der Waals surface area contributed by atoms with E-state index in [1.807, 2.05) is 26.0 Å². The highest BCUT2D eigenvalue weighted by atomic mass is 16.5. The Morgan fingerprint density at radius 2 is 1.78 bits per heavy atom. The zero-order chi connectivity index (χ0) is 19.8. The Labute approximate surface area is 158 Å². The van der Waals surface area contributed by atoms with E-state index in [-0.39, 0.29) is 17.5 Å². The lowest BCUT2D eigenvalue weighted by atomic mass is 10.1. The minimum Gasteiger partial charge on any atom is -0.461 e. The maximum absolute atomic E-state index is 12.3. The second kappa shape index (κ2) is 9.72. The van der Waals surface area contributed by atoms with Crippen LogP contribution in [0.1, 0.15) is 31.9 Å². The van der Waals surface area contributed by atoms with Gasteiger partial charge in [-0.15, -0.1) is 0 Å². The Morgan fingerprint density at radius 3 is 2.41 bits per heavy atom. The Hall–Kier alpha value is -2.87. The number of hydrogen-bond acceptors (Lipinski definition) is 6. The molecular formula is C19H27N5O3. The third kappa shape index (κ3) is 4.85. The summed E-state index contributed by atoms with van der Waals surface area (Å²) in [6.07, 6.45) is 0.971. The first-order valence-corrected chi connectivity index (χ1v) is 9.08. The van der Waals surface area contributed by atoms with Crippen molar-refractivity contribution in [1.29, 1.82) is 0 Å². The lowest BCUT2D eigenvalue weighted by molar-refractivity contribution is 0.141. The topological polar surface area (TPSA) is 108 Å². The van der Waals surface area contributed by atoms with Gasteiger partial charge < -0.3 is 20.2 Å². The maximum Gasteiger partial charge on any atom is 0.328 e. The molecule has 146 valence electrons. The number of nitrogens with zero attached hydrogens (tertiary/aromatic N) is 3. The number of imidazole rings is 1. The third-order valence-corrected chi connectivity index (χ3v) is 3.92. The summed E-state index contributed by atoms with van der Waals surface area (Å²) in [5, 5.41) is 0. The molecule has 27 heavy (non-hydrogen) atoms. The molecule has 2 heterocycles. The Morgan fingerprint density at radius 1 is 1.11 bits per heavy atom. The van der Waals surface area contributed by atoms with Crippen molar-refractivity contribution in [3.8, 4) is 6.01 Å². The molecular weight excluding hydrogens is 346 g/mol. The number of fused-ring (bicyclic) bond motifs is 1. The van der Waals surface area contributed by atoms with Gasteiger partial charge in [-0.05, 0) is 17.5 Å². The quantitative estimate of drug-likeness (QED) is 0.616. The summed E-state index contributed by atoms with van der Waals surface area (Å²) < 4.78 is 11.9. The summed E-state index contributed by atoms with van der Waals surface area (Å²) in [6.45, 7) is 7.19. The molecule has 0 atom stereocenters. The minimum atomic E-state index is -0.287. The van der Waals surface area contributed by atoms with Crippen LogP contribution in [0.2, 0.25) is 0 Å². The van der Waals surface area contributed by atoms with Crippen LogP contribution < -0.4 is 16.2 Å². The number of nitrogen functional groups attached to an aromatic ring is 1. The standard InChI is InChI=1S/C17H21N5O3.C2H6/c1-3-11-4-6-12(7-5-11)10-22-15-13(19-17(22)23)14(18)20-16(21-15)25-9-8-24-2;1-2/h4-7H,3,8-10H2,1-2H3,(H,19,23)(H2,18,20,21);1-2H3. The minimum absolute atomic E-state index is 0.121. The van der Waals surface area contributed by atoms with Gasteiger partial charge in [0.05, 0.1) is 13.2 Å². The molecule has 8 heteroatoms. The number of methoxy groups -OCH3 is 1. The van der Waals surface area contributed by atoms with Crippen LogP contribution in [0, 0.1) is 0 Å². The van der Waals surface area contributed by atoms with Gasteiger partial charge in [0.15, 0.2) is 11.5 Å². The highest BCUT2D eigenvalue weighted by Gasteiger charge is 2.15. The molecule has 0 spiro atoms. The molecule has 0 aliphatic rings. The SMILES string of the molecule is CC.CCc1ccc(Cn2c(=O)[nH]c3c(N)nc(OCCOC)nc32)cc1. The van der Waals surface area contributed by atoms with Crippen LogP contribution in [-0.2, 0) is 17.7 Å². The summed E-state index contributed by atoms with van der Waals surface area (Å²) in [5.74, 6) is 0.176. The molecule has 3 aromatic rings. The molecule has 0 saturated heterocycles. The first-order chi connectivity index (χ1) is 13.1. The molecule has 2 aromatic heterocycles. The normalized spacial score (nSPS) is 10.5. The Bertz CT molecular complexity index is 915. The van der Waals surface area contributed by atoms with Crippen LogP contribution >= 0.6 is 0 Å². The van der Waals surface area contributed by atoms with E-state index in [9.17, 15) is 4.79 Å². The van der Waals surface area contributed by atoms with Gasteiger partial charge in [0, 0.05) is 7.11 Å². The van der Waals surface area contributed by atoms with E-state index in [2.05, 4.69) is 34.0 Å². The molecule has 0 saturated carbocycles. The van der Waals surface area contributed by atoms with E-state index in [0.29, 0.717) is 30.9 Å². The van der Waals surface area contributed by atoms with Crippen molar-refractivity contribution in [2.45, 2.75) is 33.7 Å². The number of hydrogen-bond donors (Lipinski definition) is 2. The van der Waals surface area contributed by atoms with Crippen LogP contribution in [0.15, 0.2) is 29.1 Å². The largest absolute Gasteiger partial charge is 0.461 e. The number of aromatic amines is 1. The maximum atomic E-state index is 12.3. The summed E-state index contributed by atoms with van der Waals surface area (Å²) in [4.78, 5) is 23.4. The zero-order valence-corrected chi connectivity index (χ0v) is 16.3. The molecule has 0 radical (unpaired) electrons. The van der Waals surface area contributed by atoms with E-state index in [1.54, 1.807) is 7.11 Å². The van der Waals surface area contributed by atoms with E-state index in [1.165, 1.54) is 10.1 Å². The number of H-pyrrole nitrogens is 1.